The average Bonchev–Trinajstić information content (AvgIpc) is 2.68. The molecule has 0 spiro atoms. The number of piperazine rings is 1. The molecule has 4 rings (SSSR count). The van der Waals surface area contributed by atoms with Crippen LogP contribution in [0.15, 0.2) is 42.5 Å². The second-order valence-electron chi connectivity index (χ2n) is 7.49. The molecule has 0 bridgehead atoms. The number of nitrogens with zero attached hydrogens (tertiary/aromatic N) is 2. The van der Waals surface area contributed by atoms with Crippen LogP contribution in [0.1, 0.15) is 15.9 Å². The van der Waals surface area contributed by atoms with Crippen LogP contribution in [0.25, 0.3) is 0 Å². The minimum atomic E-state index is -0.530. The molecule has 1 atom stereocenters. The zero-order valence-electron chi connectivity index (χ0n) is 16.0. The van der Waals surface area contributed by atoms with E-state index in [1.807, 2.05) is 5.43 Å². The Morgan fingerprint density at radius 3 is 2.52 bits per heavy atom. The Hall–Kier alpha value is -2.55. The molecule has 0 aliphatic carbocycles. The number of nitrogen functional groups attached to an aromatic ring is 1. The van der Waals surface area contributed by atoms with Gasteiger partial charge in [0.1, 0.15) is 11.6 Å². The number of carbonyl (C=O) groups is 1. The lowest BCUT2D eigenvalue weighted by molar-refractivity contribution is -0.0697. The zero-order valence-corrected chi connectivity index (χ0v) is 16.0. The fourth-order valence-electron chi connectivity index (χ4n) is 3.98. The minimum absolute atomic E-state index is 0.0125. The summed E-state index contributed by atoms with van der Waals surface area (Å²) < 4.78 is 33.4. The van der Waals surface area contributed by atoms with Gasteiger partial charge >= 0.3 is 0 Å². The molecule has 2 saturated heterocycles. The molecule has 2 aromatic carbocycles. The second kappa shape index (κ2) is 8.44. The van der Waals surface area contributed by atoms with E-state index in [0.29, 0.717) is 18.0 Å². The number of anilines is 1. The fourth-order valence-corrected chi connectivity index (χ4v) is 3.98. The maximum absolute atomic E-state index is 14.7. The number of carbonyl (C=O) groups excluding carboxylic acids is 1. The molecule has 0 radical (unpaired) electrons. The van der Waals surface area contributed by atoms with E-state index in [4.69, 9.17) is 10.6 Å². The molecule has 2 heterocycles. The molecule has 1 amide bonds. The van der Waals surface area contributed by atoms with E-state index in [1.54, 1.807) is 24.3 Å². The van der Waals surface area contributed by atoms with E-state index in [-0.39, 0.29) is 17.4 Å². The molecule has 8 heteroatoms. The minimum Gasteiger partial charge on any atom is -0.378 e. The number of halogens is 2. The van der Waals surface area contributed by atoms with E-state index >= 15 is 0 Å². The van der Waals surface area contributed by atoms with Crippen molar-refractivity contribution in [2.45, 2.75) is 18.5 Å². The van der Waals surface area contributed by atoms with E-state index in [1.165, 1.54) is 18.2 Å². The van der Waals surface area contributed by atoms with Gasteiger partial charge in [0.15, 0.2) is 0 Å². The summed E-state index contributed by atoms with van der Waals surface area (Å²) in [5.74, 6) is 3.88. The highest BCUT2D eigenvalue weighted by Gasteiger charge is 2.34. The molecule has 1 unspecified atom stereocenters. The molecule has 29 heavy (non-hydrogen) atoms. The normalized spacial score (nSPS) is 20.4. The summed E-state index contributed by atoms with van der Waals surface area (Å²) in [7, 11) is 0. The van der Waals surface area contributed by atoms with Crippen molar-refractivity contribution in [2.24, 2.45) is 5.84 Å². The summed E-state index contributed by atoms with van der Waals surface area (Å²) in [5.41, 5.74) is 3.64. The number of hydrazine groups is 1. The summed E-state index contributed by atoms with van der Waals surface area (Å²) in [6.07, 6.45) is 0.470. The number of rotatable bonds is 5. The highest BCUT2D eigenvalue weighted by molar-refractivity contribution is 5.93. The lowest BCUT2D eigenvalue weighted by Crippen LogP contribution is -2.61. The van der Waals surface area contributed by atoms with Gasteiger partial charge in [-0.3, -0.25) is 15.1 Å². The maximum atomic E-state index is 14.7. The summed E-state index contributed by atoms with van der Waals surface area (Å²) in [6, 6.07) is 11.2. The summed E-state index contributed by atoms with van der Waals surface area (Å²) in [6.45, 7) is 3.85. The van der Waals surface area contributed by atoms with Crippen molar-refractivity contribution >= 4 is 11.6 Å². The molecule has 154 valence electrons. The maximum Gasteiger partial charge on any atom is 0.265 e. The van der Waals surface area contributed by atoms with Gasteiger partial charge in [0.25, 0.3) is 5.91 Å². The third-order valence-electron chi connectivity index (χ3n) is 5.71. The number of ether oxygens (including phenoxy) is 1. The summed E-state index contributed by atoms with van der Waals surface area (Å²) >= 11 is 0. The van der Waals surface area contributed by atoms with Gasteiger partial charge in [0, 0.05) is 36.9 Å². The van der Waals surface area contributed by atoms with Crippen molar-refractivity contribution in [3.8, 4) is 0 Å². The highest BCUT2D eigenvalue weighted by Crippen LogP contribution is 2.26. The third-order valence-corrected chi connectivity index (χ3v) is 5.71. The summed E-state index contributed by atoms with van der Waals surface area (Å²) in [5, 5.41) is 0. The lowest BCUT2D eigenvalue weighted by atomic mass is 9.98. The van der Waals surface area contributed by atoms with Crippen LogP contribution in [0, 0.1) is 11.6 Å². The van der Waals surface area contributed by atoms with E-state index in [2.05, 4.69) is 9.80 Å². The van der Waals surface area contributed by atoms with Crippen LogP contribution in [0.2, 0.25) is 0 Å². The smallest absolute Gasteiger partial charge is 0.265 e. The van der Waals surface area contributed by atoms with Crippen molar-refractivity contribution in [3.05, 3.63) is 65.2 Å². The van der Waals surface area contributed by atoms with Crippen molar-refractivity contribution in [3.63, 3.8) is 0 Å². The first-order chi connectivity index (χ1) is 14.0. The number of hydrogen-bond donors (Lipinski definition) is 2. The molecule has 2 aliphatic rings. The Kier molecular flexibility index (Phi) is 5.75. The molecule has 3 N–H and O–H groups in total. The first kappa shape index (κ1) is 19.8. The van der Waals surface area contributed by atoms with Gasteiger partial charge in [-0.05, 0) is 48.4 Å². The molecule has 0 saturated carbocycles. The number of benzene rings is 2. The largest absolute Gasteiger partial charge is 0.378 e. The lowest BCUT2D eigenvalue weighted by Gasteiger charge is -2.47. The van der Waals surface area contributed by atoms with Crippen LogP contribution in [0.5, 0.6) is 0 Å². The fraction of sp³-hybridized carbons (Fsp3) is 0.381. The zero-order chi connectivity index (χ0) is 20.4. The van der Waals surface area contributed by atoms with Gasteiger partial charge in [-0.1, -0.05) is 6.07 Å². The van der Waals surface area contributed by atoms with Crippen LogP contribution >= 0.6 is 0 Å². The molecule has 2 fully saturated rings. The monoisotopic (exact) mass is 402 g/mol. The van der Waals surface area contributed by atoms with Crippen molar-refractivity contribution in [1.82, 2.24) is 10.3 Å². The van der Waals surface area contributed by atoms with Gasteiger partial charge in [0.05, 0.1) is 19.3 Å². The Bertz CT molecular complexity index is 873. The predicted molar refractivity (Wildman–Crippen MR) is 105 cm³/mol. The number of nitrogens with one attached hydrogen (secondary N) is 1. The number of nitrogens with two attached hydrogens (primary N) is 1. The van der Waals surface area contributed by atoms with Crippen molar-refractivity contribution < 1.29 is 18.3 Å². The standard InChI is InChI=1S/C21H24F2N4O2/c22-16-3-5-17(6-4-16)27-8-7-26(19-12-29-13-19)11-18(27)9-14-1-2-15(10-20(14)23)21(28)25-24/h1-6,10,18-19H,7-9,11-13,24H2,(H,25,28). The van der Waals surface area contributed by atoms with Crippen LogP contribution in [-0.2, 0) is 11.2 Å². The SMILES string of the molecule is NNC(=O)c1ccc(CC2CN(C3COC3)CCN2c2ccc(F)cc2)c(F)c1. The highest BCUT2D eigenvalue weighted by atomic mass is 19.1. The first-order valence-electron chi connectivity index (χ1n) is 9.68. The molecular formula is C21H24F2N4O2. The molecular weight excluding hydrogens is 378 g/mol. The van der Waals surface area contributed by atoms with Gasteiger partial charge in [-0.25, -0.2) is 14.6 Å². The molecule has 2 aromatic rings. The Morgan fingerprint density at radius 2 is 1.90 bits per heavy atom. The van der Waals surface area contributed by atoms with E-state index in [0.717, 1.165) is 38.5 Å². The van der Waals surface area contributed by atoms with E-state index < -0.39 is 11.7 Å². The molecule has 0 aromatic heterocycles. The Morgan fingerprint density at radius 1 is 1.14 bits per heavy atom. The van der Waals surface area contributed by atoms with Crippen LogP contribution in [0.3, 0.4) is 0 Å². The predicted octanol–water partition coefficient (Wildman–Crippen LogP) is 1.70. The van der Waals surface area contributed by atoms with Crippen molar-refractivity contribution in [2.75, 3.05) is 37.7 Å². The number of hydrogen-bond acceptors (Lipinski definition) is 5. The Labute approximate surface area is 168 Å². The molecule has 2 aliphatic heterocycles. The number of amides is 1. The average molecular weight is 402 g/mol. The van der Waals surface area contributed by atoms with Crippen LogP contribution in [-0.4, -0.2) is 55.7 Å². The van der Waals surface area contributed by atoms with Gasteiger partial charge in [-0.15, -0.1) is 0 Å². The second-order valence-corrected chi connectivity index (χ2v) is 7.49. The topological polar surface area (TPSA) is 70.8 Å². The Balaban J connectivity index is 1.57. The summed E-state index contributed by atoms with van der Waals surface area (Å²) in [4.78, 5) is 16.2. The third kappa shape index (κ3) is 4.24. The quantitative estimate of drug-likeness (QED) is 0.453. The van der Waals surface area contributed by atoms with Crippen LogP contribution < -0.4 is 16.2 Å². The van der Waals surface area contributed by atoms with Crippen LogP contribution in [0.4, 0.5) is 14.5 Å². The van der Waals surface area contributed by atoms with Gasteiger partial charge < -0.3 is 9.64 Å². The molecule has 6 nitrogen and oxygen atoms in total. The van der Waals surface area contributed by atoms with E-state index in [9.17, 15) is 13.6 Å². The first-order valence-corrected chi connectivity index (χ1v) is 9.68. The van der Waals surface area contributed by atoms with Crippen molar-refractivity contribution in [1.29, 1.82) is 0 Å². The van der Waals surface area contributed by atoms with Gasteiger partial charge in [0.2, 0.25) is 0 Å². The van der Waals surface area contributed by atoms with Gasteiger partial charge in [-0.2, -0.15) is 0 Å².